The molecule has 1 aliphatic heterocycles. The molecule has 1 aliphatic rings. The number of piperidine rings is 1. The maximum absolute atomic E-state index is 13.4. The Bertz CT molecular complexity index is 1290. The molecule has 1 heterocycles. The van der Waals surface area contributed by atoms with Crippen LogP contribution in [-0.4, -0.2) is 38.2 Å². The van der Waals surface area contributed by atoms with Gasteiger partial charge in [0.2, 0.25) is 10.0 Å². The lowest BCUT2D eigenvalue weighted by atomic mass is 9.76. The van der Waals surface area contributed by atoms with E-state index in [1.54, 1.807) is 0 Å². The summed E-state index contributed by atoms with van der Waals surface area (Å²) < 4.78 is 112. The van der Waals surface area contributed by atoms with Gasteiger partial charge in [-0.1, -0.05) is 60.7 Å². The molecule has 1 saturated heterocycles. The average Bonchev–Trinajstić information content (AvgIpc) is 2.87. The van der Waals surface area contributed by atoms with E-state index in [1.165, 1.54) is 4.31 Å². The third-order valence-electron chi connectivity index (χ3n) is 6.88. The molecular weight excluding hydrogens is 544 g/mol. The molecule has 0 bridgehead atoms. The van der Waals surface area contributed by atoms with Crippen molar-refractivity contribution in [1.29, 1.82) is 0 Å². The highest BCUT2D eigenvalue weighted by Crippen LogP contribution is 2.40. The number of alkyl halides is 6. The van der Waals surface area contributed by atoms with Gasteiger partial charge in [0.05, 0.1) is 30.1 Å². The summed E-state index contributed by atoms with van der Waals surface area (Å²) in [6.45, 7) is -0.301. The molecule has 4 nitrogen and oxygen atoms in total. The van der Waals surface area contributed by atoms with Crippen molar-refractivity contribution < 1.29 is 39.5 Å². The summed E-state index contributed by atoms with van der Waals surface area (Å²) in [6, 6.07) is 20.1. The van der Waals surface area contributed by atoms with E-state index in [-0.39, 0.29) is 37.1 Å². The molecule has 0 amide bonds. The average molecular weight is 572 g/mol. The molecule has 1 fully saturated rings. The highest BCUT2D eigenvalue weighted by atomic mass is 32.2. The van der Waals surface area contributed by atoms with Crippen molar-refractivity contribution in [1.82, 2.24) is 4.31 Å². The van der Waals surface area contributed by atoms with E-state index in [1.807, 2.05) is 60.7 Å². The van der Waals surface area contributed by atoms with Crippen LogP contribution in [0, 0.1) is 5.92 Å². The number of hydrogen-bond donors (Lipinski definition) is 0. The lowest BCUT2D eigenvalue weighted by Gasteiger charge is -2.41. The van der Waals surface area contributed by atoms with Crippen molar-refractivity contribution >= 4 is 10.0 Å². The monoisotopic (exact) mass is 571 g/mol. The molecule has 0 aromatic heterocycles. The van der Waals surface area contributed by atoms with E-state index in [2.05, 4.69) is 0 Å². The highest BCUT2D eigenvalue weighted by Gasteiger charge is 2.40. The molecule has 4 rings (SSSR count). The Morgan fingerprint density at radius 2 is 1.33 bits per heavy atom. The number of nitrogens with zero attached hydrogens (tertiary/aromatic N) is 1. The van der Waals surface area contributed by atoms with Crippen molar-refractivity contribution in [2.45, 2.75) is 37.4 Å². The van der Waals surface area contributed by atoms with Crippen LogP contribution in [0.15, 0.2) is 78.9 Å². The summed E-state index contributed by atoms with van der Waals surface area (Å²) >= 11 is 0. The van der Waals surface area contributed by atoms with Crippen LogP contribution in [0.2, 0.25) is 0 Å². The maximum Gasteiger partial charge on any atom is 0.416 e. The number of rotatable bonds is 7. The molecule has 0 radical (unpaired) electrons. The van der Waals surface area contributed by atoms with Gasteiger partial charge in [0.1, 0.15) is 0 Å². The largest absolute Gasteiger partial charge is 0.416 e. The van der Waals surface area contributed by atoms with Crippen LogP contribution in [0.4, 0.5) is 26.3 Å². The van der Waals surface area contributed by atoms with Crippen LogP contribution < -0.4 is 0 Å². The second kappa shape index (κ2) is 11.3. The van der Waals surface area contributed by atoms with Crippen molar-refractivity contribution in [2.75, 3.05) is 19.3 Å². The zero-order valence-electron chi connectivity index (χ0n) is 20.9. The van der Waals surface area contributed by atoms with Crippen molar-refractivity contribution in [3.8, 4) is 0 Å². The van der Waals surface area contributed by atoms with Gasteiger partial charge in [-0.05, 0) is 41.3 Å². The summed E-state index contributed by atoms with van der Waals surface area (Å²) in [7, 11) is -3.56. The summed E-state index contributed by atoms with van der Waals surface area (Å²) in [5, 5.41) is 0. The first kappa shape index (κ1) is 29.1. The minimum atomic E-state index is -4.97. The second-order valence-corrected chi connectivity index (χ2v) is 11.6. The number of sulfonamides is 1. The predicted molar refractivity (Wildman–Crippen MR) is 134 cm³/mol. The van der Waals surface area contributed by atoms with Crippen molar-refractivity contribution in [3.63, 3.8) is 0 Å². The zero-order chi connectivity index (χ0) is 28.4. The zero-order valence-corrected chi connectivity index (χ0v) is 21.7. The number of hydrogen-bond acceptors (Lipinski definition) is 3. The summed E-state index contributed by atoms with van der Waals surface area (Å²) in [4.78, 5) is 0. The van der Waals surface area contributed by atoms with Crippen LogP contribution in [0.5, 0.6) is 0 Å². The topological polar surface area (TPSA) is 46.6 Å². The fraction of sp³-hybridized carbons (Fsp3) is 0.357. The minimum Gasteiger partial charge on any atom is -0.373 e. The Kier molecular flexibility index (Phi) is 8.44. The number of halogens is 6. The van der Waals surface area contributed by atoms with Crippen LogP contribution in [0.1, 0.15) is 40.2 Å². The summed E-state index contributed by atoms with van der Waals surface area (Å²) in [6.07, 6.45) is -9.25. The number of ether oxygens (including phenoxy) is 1. The lowest BCUT2D eigenvalue weighted by molar-refractivity contribution is -0.143. The SMILES string of the molecule is CS(=O)(=O)N1CCC(OCc2cc(C(F)(F)F)cc(C(F)(F)F)c2)C(C(c2ccccc2)c2ccccc2)C1. The molecule has 2 atom stereocenters. The maximum atomic E-state index is 13.4. The molecule has 3 aromatic carbocycles. The van der Waals surface area contributed by atoms with Crippen LogP contribution >= 0.6 is 0 Å². The van der Waals surface area contributed by atoms with E-state index in [9.17, 15) is 34.8 Å². The Labute approximate surface area is 223 Å². The highest BCUT2D eigenvalue weighted by molar-refractivity contribution is 7.88. The summed E-state index contributed by atoms with van der Waals surface area (Å²) in [5.74, 6) is -0.805. The second-order valence-electron chi connectivity index (χ2n) is 9.64. The third kappa shape index (κ3) is 7.20. The van der Waals surface area contributed by atoms with E-state index in [0.717, 1.165) is 17.4 Å². The Balaban J connectivity index is 1.71. The molecule has 0 spiro atoms. The van der Waals surface area contributed by atoms with E-state index in [4.69, 9.17) is 4.74 Å². The standard InChI is InChI=1S/C28H27F6NO3S/c1-39(36,37)35-13-12-25(38-18-19-14-22(27(29,30)31)16-23(15-19)28(32,33)34)24(17-35)26(20-8-4-2-5-9-20)21-10-6-3-7-11-21/h2-11,14-16,24-26H,12-13,17-18H2,1H3. The van der Waals surface area contributed by atoms with Gasteiger partial charge in [0, 0.05) is 24.9 Å². The smallest absolute Gasteiger partial charge is 0.373 e. The fourth-order valence-corrected chi connectivity index (χ4v) is 5.95. The first-order valence-corrected chi connectivity index (χ1v) is 14.0. The third-order valence-corrected chi connectivity index (χ3v) is 8.15. The predicted octanol–water partition coefficient (Wildman–Crippen LogP) is 6.72. The van der Waals surface area contributed by atoms with Gasteiger partial charge in [0.15, 0.2) is 0 Å². The van der Waals surface area contributed by atoms with Crippen molar-refractivity contribution in [2.24, 2.45) is 5.92 Å². The Morgan fingerprint density at radius 1 is 0.846 bits per heavy atom. The van der Waals surface area contributed by atoms with Gasteiger partial charge in [-0.25, -0.2) is 12.7 Å². The first-order chi connectivity index (χ1) is 18.2. The Hall–Kier alpha value is -2.89. The molecule has 39 heavy (non-hydrogen) atoms. The van der Waals surface area contributed by atoms with Gasteiger partial charge in [-0.15, -0.1) is 0 Å². The molecule has 2 unspecified atom stereocenters. The van der Waals surface area contributed by atoms with Crippen LogP contribution in [-0.2, 0) is 33.7 Å². The Morgan fingerprint density at radius 3 is 1.77 bits per heavy atom. The van der Waals surface area contributed by atoms with Crippen LogP contribution in [0.25, 0.3) is 0 Å². The summed E-state index contributed by atoms with van der Waals surface area (Å²) in [5.41, 5.74) is -1.32. The molecule has 0 aliphatic carbocycles. The molecule has 0 N–H and O–H groups in total. The van der Waals surface area contributed by atoms with Crippen molar-refractivity contribution in [3.05, 3.63) is 107 Å². The quantitative estimate of drug-likeness (QED) is 0.296. The molecule has 3 aromatic rings. The lowest BCUT2D eigenvalue weighted by Crippen LogP contribution is -2.48. The van der Waals surface area contributed by atoms with Gasteiger partial charge in [0.25, 0.3) is 0 Å². The first-order valence-electron chi connectivity index (χ1n) is 12.2. The van der Waals surface area contributed by atoms with E-state index < -0.39 is 52.1 Å². The van der Waals surface area contributed by atoms with Gasteiger partial charge < -0.3 is 4.74 Å². The van der Waals surface area contributed by atoms with E-state index in [0.29, 0.717) is 12.1 Å². The molecule has 210 valence electrons. The van der Waals surface area contributed by atoms with Gasteiger partial charge in [-0.3, -0.25) is 0 Å². The van der Waals surface area contributed by atoms with Gasteiger partial charge in [-0.2, -0.15) is 26.3 Å². The fourth-order valence-electron chi connectivity index (χ4n) is 5.07. The number of benzene rings is 3. The molecule has 0 saturated carbocycles. The van der Waals surface area contributed by atoms with E-state index >= 15 is 0 Å². The van der Waals surface area contributed by atoms with Gasteiger partial charge >= 0.3 is 12.4 Å². The molecule has 11 heteroatoms. The molecular formula is C28H27F6NO3S. The normalized spacial score (nSPS) is 19.4. The van der Waals surface area contributed by atoms with Crippen LogP contribution in [0.3, 0.4) is 0 Å². The minimum absolute atomic E-state index is 0.0777.